The molecule has 0 radical (unpaired) electrons. The van der Waals surface area contributed by atoms with E-state index in [0.717, 1.165) is 128 Å². The molecule has 0 aliphatic heterocycles. The molecule has 0 fully saturated rings. The Hall–Kier alpha value is -5.09. The molecule has 480 valence electrons. The Morgan fingerprint density at radius 3 is 0.941 bits per heavy atom. The molecule has 0 aromatic heterocycles. The number of quaternary nitrogens is 1. The number of hydrogen-bond acceptors (Lipinski definition) is 7. The Labute approximate surface area is 521 Å². The van der Waals surface area contributed by atoms with Crippen LogP contribution in [0.1, 0.15) is 245 Å². The maximum atomic E-state index is 12.9. The molecule has 9 heteroatoms. The van der Waals surface area contributed by atoms with Gasteiger partial charge in [0.15, 0.2) is 6.10 Å². The van der Waals surface area contributed by atoms with Crippen molar-refractivity contribution in [3.05, 3.63) is 158 Å². The summed E-state index contributed by atoms with van der Waals surface area (Å²) in [7, 11) is 5.96. The Balaban J connectivity index is 4.24. The van der Waals surface area contributed by atoms with E-state index in [2.05, 4.69) is 172 Å². The summed E-state index contributed by atoms with van der Waals surface area (Å²) in [5, 5.41) is 9.74. The van der Waals surface area contributed by atoms with Crippen LogP contribution in [0, 0.1) is 0 Å². The molecule has 0 saturated heterocycles. The van der Waals surface area contributed by atoms with Crippen molar-refractivity contribution in [2.45, 2.75) is 257 Å². The summed E-state index contributed by atoms with van der Waals surface area (Å²) in [4.78, 5) is 37.6. The predicted octanol–water partition coefficient (Wildman–Crippen LogP) is 20.9. The lowest BCUT2D eigenvalue weighted by atomic mass is 10.0. The number of carboxylic acids is 1. The van der Waals surface area contributed by atoms with Crippen LogP contribution in [0.5, 0.6) is 0 Å². The van der Waals surface area contributed by atoms with Crippen LogP contribution >= 0.6 is 0 Å². The molecule has 0 rings (SSSR count). The second-order valence-electron chi connectivity index (χ2n) is 23.0. The molecule has 0 aromatic carbocycles. The molecule has 0 amide bonds. The number of carbonyl (C=O) groups is 3. The van der Waals surface area contributed by atoms with E-state index in [1.165, 1.54) is 83.5 Å². The molecular formula is C76H124NO8+. The Bertz CT molecular complexity index is 1950. The average Bonchev–Trinajstić information content (AvgIpc) is 3.48. The quantitative estimate of drug-likeness (QED) is 0.0211. The van der Waals surface area contributed by atoms with Crippen LogP contribution in [0.15, 0.2) is 158 Å². The van der Waals surface area contributed by atoms with Crippen molar-refractivity contribution < 1.29 is 42.9 Å². The predicted molar refractivity (Wildman–Crippen MR) is 363 cm³/mol. The van der Waals surface area contributed by atoms with Crippen molar-refractivity contribution in [2.75, 3.05) is 47.5 Å². The maximum absolute atomic E-state index is 12.9. The van der Waals surface area contributed by atoms with Gasteiger partial charge in [0, 0.05) is 12.8 Å². The summed E-state index contributed by atoms with van der Waals surface area (Å²) in [5.41, 5.74) is 0. The highest BCUT2D eigenvalue weighted by Crippen LogP contribution is 2.16. The molecule has 0 heterocycles. The molecule has 1 N–H and O–H groups in total. The van der Waals surface area contributed by atoms with E-state index >= 15 is 0 Å². The normalized spacial score (nSPS) is 13.8. The molecule has 0 aromatic rings. The number of nitrogens with zero attached hydrogens (tertiary/aromatic N) is 1. The number of hydrogen-bond donors (Lipinski definition) is 1. The van der Waals surface area contributed by atoms with Gasteiger partial charge in [-0.25, -0.2) is 4.79 Å². The first-order valence-electron chi connectivity index (χ1n) is 33.6. The third kappa shape index (κ3) is 66.3. The highest BCUT2D eigenvalue weighted by Gasteiger charge is 2.25. The van der Waals surface area contributed by atoms with Crippen LogP contribution < -0.4 is 0 Å². The van der Waals surface area contributed by atoms with Gasteiger partial charge in [-0.05, 0) is 122 Å². The first-order valence-corrected chi connectivity index (χ1v) is 33.6. The highest BCUT2D eigenvalue weighted by molar-refractivity contribution is 5.71. The number of esters is 2. The van der Waals surface area contributed by atoms with Crippen molar-refractivity contribution in [2.24, 2.45) is 0 Å². The summed E-state index contributed by atoms with van der Waals surface area (Å²) in [6.07, 6.45) is 93.4. The number of rotatable bonds is 60. The van der Waals surface area contributed by atoms with Gasteiger partial charge in [0.2, 0.25) is 0 Å². The van der Waals surface area contributed by atoms with E-state index in [9.17, 15) is 19.5 Å². The summed E-state index contributed by atoms with van der Waals surface area (Å²) < 4.78 is 22.9. The van der Waals surface area contributed by atoms with Crippen molar-refractivity contribution in [3.8, 4) is 0 Å². The van der Waals surface area contributed by atoms with Crippen molar-refractivity contribution >= 4 is 17.9 Å². The van der Waals surface area contributed by atoms with Crippen LogP contribution in [0.3, 0.4) is 0 Å². The van der Waals surface area contributed by atoms with Gasteiger partial charge in [-0.3, -0.25) is 9.59 Å². The number of carboxylic acid groups (broad SMARTS) is 1. The highest BCUT2D eigenvalue weighted by atomic mass is 16.7. The zero-order chi connectivity index (χ0) is 61.9. The van der Waals surface area contributed by atoms with Gasteiger partial charge in [-0.15, -0.1) is 0 Å². The molecule has 0 spiro atoms. The van der Waals surface area contributed by atoms with E-state index < -0.39 is 24.3 Å². The SMILES string of the molecule is CC/C=C\C/C=C\C/C=C\C/C=C\C/C=C\C/C=C\C/C=C\C/C=C\CCCCCCC(=O)OC(COC(=O)CCCCCCCCCCCCCCCCC/C=C\C/C=C\C/C=C\C/C=C\C/C=C\CC)COC(OCC[N+](C)(C)C)C(=O)O. The zero-order valence-electron chi connectivity index (χ0n) is 54.7. The van der Waals surface area contributed by atoms with E-state index in [1.54, 1.807) is 0 Å². The monoisotopic (exact) mass is 1180 g/mol. The van der Waals surface area contributed by atoms with Crippen molar-refractivity contribution in [3.63, 3.8) is 0 Å². The van der Waals surface area contributed by atoms with Crippen LogP contribution in [0.4, 0.5) is 0 Å². The number of ether oxygens (including phenoxy) is 4. The average molecular weight is 1180 g/mol. The van der Waals surface area contributed by atoms with E-state index in [-0.39, 0.29) is 38.6 Å². The minimum Gasteiger partial charge on any atom is -0.477 e. The van der Waals surface area contributed by atoms with Crippen LogP contribution in [0.25, 0.3) is 0 Å². The fourth-order valence-corrected chi connectivity index (χ4v) is 8.70. The smallest absolute Gasteiger partial charge is 0.361 e. The topological polar surface area (TPSA) is 108 Å². The van der Waals surface area contributed by atoms with Crippen LogP contribution in [-0.2, 0) is 33.3 Å². The first kappa shape index (κ1) is 79.9. The van der Waals surface area contributed by atoms with Gasteiger partial charge in [0.05, 0.1) is 34.4 Å². The Morgan fingerprint density at radius 1 is 0.353 bits per heavy atom. The lowest BCUT2D eigenvalue weighted by Crippen LogP contribution is -2.40. The summed E-state index contributed by atoms with van der Waals surface area (Å²) in [5.74, 6) is -2.05. The second kappa shape index (κ2) is 64.9. The third-order valence-corrected chi connectivity index (χ3v) is 13.8. The zero-order valence-corrected chi connectivity index (χ0v) is 54.7. The van der Waals surface area contributed by atoms with Crippen LogP contribution in [0.2, 0.25) is 0 Å². The van der Waals surface area contributed by atoms with Gasteiger partial charge < -0.3 is 28.5 Å². The molecular weight excluding hydrogens is 1050 g/mol. The number of likely N-dealkylation sites (N-methyl/N-ethyl adjacent to an activating group) is 1. The Morgan fingerprint density at radius 2 is 0.635 bits per heavy atom. The van der Waals surface area contributed by atoms with E-state index in [1.807, 2.05) is 21.1 Å². The number of unbranched alkanes of at least 4 members (excludes halogenated alkanes) is 19. The van der Waals surface area contributed by atoms with Gasteiger partial charge in [-0.2, -0.15) is 0 Å². The van der Waals surface area contributed by atoms with Gasteiger partial charge in [-0.1, -0.05) is 268 Å². The first-order chi connectivity index (χ1) is 41.6. The lowest BCUT2D eigenvalue weighted by Gasteiger charge is -2.25. The molecule has 0 aliphatic rings. The van der Waals surface area contributed by atoms with E-state index in [4.69, 9.17) is 18.9 Å². The van der Waals surface area contributed by atoms with E-state index in [0.29, 0.717) is 17.4 Å². The van der Waals surface area contributed by atoms with Gasteiger partial charge in [0.1, 0.15) is 13.2 Å². The van der Waals surface area contributed by atoms with Gasteiger partial charge >= 0.3 is 17.9 Å². The summed E-state index contributed by atoms with van der Waals surface area (Å²) >= 11 is 0. The number of aliphatic carboxylic acids is 1. The molecule has 9 nitrogen and oxygen atoms in total. The molecule has 2 atom stereocenters. The Kier molecular flexibility index (Phi) is 61.0. The second-order valence-corrected chi connectivity index (χ2v) is 23.0. The molecule has 0 saturated carbocycles. The number of carbonyl (C=O) groups excluding carboxylic acids is 2. The fourth-order valence-electron chi connectivity index (χ4n) is 8.70. The molecule has 0 aliphatic carbocycles. The third-order valence-electron chi connectivity index (χ3n) is 13.8. The largest absolute Gasteiger partial charge is 0.477 e. The van der Waals surface area contributed by atoms with Crippen LogP contribution in [-0.4, -0.2) is 87.4 Å². The van der Waals surface area contributed by atoms with Gasteiger partial charge in [0.25, 0.3) is 6.29 Å². The molecule has 85 heavy (non-hydrogen) atoms. The lowest BCUT2D eigenvalue weighted by molar-refractivity contribution is -0.870. The minimum atomic E-state index is -1.53. The number of allylic oxidation sites excluding steroid dienone is 26. The molecule has 0 bridgehead atoms. The maximum Gasteiger partial charge on any atom is 0.361 e. The molecule has 2 unspecified atom stereocenters. The minimum absolute atomic E-state index is 0.174. The fraction of sp³-hybridized carbons (Fsp3) is 0.618. The van der Waals surface area contributed by atoms with Crippen molar-refractivity contribution in [1.82, 2.24) is 0 Å². The van der Waals surface area contributed by atoms with Crippen molar-refractivity contribution in [1.29, 1.82) is 0 Å². The standard InChI is InChI=1S/C76H123NO8/c1-6-8-10-12-14-16-18-20-22-24-26-28-30-32-34-36-37-39-40-42-44-46-48-50-52-54-56-58-60-62-64-66-73(78)83-70-72(71-84-76(75(80)81)82-69-68-77(3,4)5)85-74(79)67-65-63-61-59-57-55-53-51-49-47-45-43-41-38-35-33-31-29-27-25-23-21-19-17-15-13-11-9-7-2/h8-11,14-17,20-23,26-29,32-35,41,43,47,49,53,55,72,76H,6-7,12-13,18-19,24-25,30-31,36-40,42,44-46,48,50-52,54,56-71H2,1-5H3/p+1/b10-8-,11-9-,16-14-,17-15-,22-20-,23-21-,28-26-,29-27-,34-32-,35-33-,43-41-,49-47-,55-53-. The summed E-state index contributed by atoms with van der Waals surface area (Å²) in [6, 6.07) is 0. The summed E-state index contributed by atoms with van der Waals surface area (Å²) in [6.45, 7) is 4.61.